The van der Waals surface area contributed by atoms with Gasteiger partial charge in [-0.25, -0.2) is 4.90 Å². The zero-order valence-electron chi connectivity index (χ0n) is 28.7. The number of phenols is 1. The van der Waals surface area contributed by atoms with Gasteiger partial charge in [-0.2, -0.15) is 0 Å². The van der Waals surface area contributed by atoms with Crippen LogP contribution in [0.3, 0.4) is 0 Å². The van der Waals surface area contributed by atoms with Crippen LogP contribution in [0.2, 0.25) is 0 Å². The molecule has 1 saturated carbocycles. The lowest BCUT2D eigenvalue weighted by Crippen LogP contribution is -2.49. The third-order valence-corrected chi connectivity index (χ3v) is 12.7. The molecule has 6 atom stereocenters. The molecule has 4 fully saturated rings. The third-order valence-electron chi connectivity index (χ3n) is 12.7. The molecular formula is C43H41N3O5. The summed E-state index contributed by atoms with van der Waals surface area (Å²) >= 11 is 0. The highest BCUT2D eigenvalue weighted by Crippen LogP contribution is 2.64. The number of allylic oxidation sites excluding steroid dienone is 2. The molecule has 4 aromatic rings. The average molecular weight is 680 g/mol. The number of amides is 4. The Labute approximate surface area is 297 Å². The van der Waals surface area contributed by atoms with Crippen molar-refractivity contribution in [2.45, 2.75) is 51.1 Å². The predicted molar refractivity (Wildman–Crippen MR) is 193 cm³/mol. The molecule has 258 valence electrons. The van der Waals surface area contributed by atoms with Gasteiger partial charge in [0.05, 0.1) is 28.9 Å². The number of carbonyl (C=O) groups is 4. The van der Waals surface area contributed by atoms with Crippen LogP contribution in [0.25, 0.3) is 10.8 Å². The number of piperidine rings is 1. The number of fused-ring (bicyclic) bond motifs is 5. The summed E-state index contributed by atoms with van der Waals surface area (Å²) in [6.45, 7) is 4.37. The summed E-state index contributed by atoms with van der Waals surface area (Å²) in [5.41, 5.74) is 2.45. The largest absolute Gasteiger partial charge is 0.507 e. The molecule has 0 spiro atoms. The van der Waals surface area contributed by atoms with E-state index in [0.717, 1.165) is 49.0 Å². The second-order valence-corrected chi connectivity index (χ2v) is 15.3. The van der Waals surface area contributed by atoms with Gasteiger partial charge in [-0.05, 0) is 73.2 Å². The van der Waals surface area contributed by atoms with Gasteiger partial charge in [0.2, 0.25) is 23.6 Å². The average Bonchev–Trinajstić information content (AvgIpc) is 3.52. The number of para-hydroxylation sites is 1. The molecule has 51 heavy (non-hydrogen) atoms. The monoisotopic (exact) mass is 679 g/mol. The summed E-state index contributed by atoms with van der Waals surface area (Å²) in [6.07, 6.45) is 4.32. The minimum atomic E-state index is -1.14. The fourth-order valence-electron chi connectivity index (χ4n) is 10.3. The van der Waals surface area contributed by atoms with Crippen molar-refractivity contribution in [1.29, 1.82) is 0 Å². The summed E-state index contributed by atoms with van der Waals surface area (Å²) < 4.78 is 0. The lowest BCUT2D eigenvalue weighted by molar-refractivity contribution is -0.144. The Bertz CT molecular complexity index is 2110. The van der Waals surface area contributed by atoms with Crippen LogP contribution in [0, 0.1) is 29.1 Å². The van der Waals surface area contributed by atoms with Crippen LogP contribution in [-0.2, 0) is 25.7 Å². The smallest absolute Gasteiger partial charge is 0.241 e. The maximum atomic E-state index is 14.8. The van der Waals surface area contributed by atoms with Crippen LogP contribution in [0.5, 0.6) is 5.75 Å². The van der Waals surface area contributed by atoms with Gasteiger partial charge < -0.3 is 5.11 Å². The van der Waals surface area contributed by atoms with Gasteiger partial charge in [-0.3, -0.25) is 29.0 Å². The van der Waals surface area contributed by atoms with Crippen molar-refractivity contribution in [2.24, 2.45) is 29.1 Å². The molecule has 9 rings (SSSR count). The second kappa shape index (κ2) is 12.0. The molecule has 0 bridgehead atoms. The molecule has 3 heterocycles. The number of hydrogen-bond acceptors (Lipinski definition) is 6. The van der Waals surface area contributed by atoms with Crippen molar-refractivity contribution in [2.75, 3.05) is 18.0 Å². The molecule has 1 N–H and O–H groups in total. The van der Waals surface area contributed by atoms with Gasteiger partial charge in [-0.15, -0.1) is 0 Å². The zero-order chi connectivity index (χ0) is 35.0. The highest BCUT2D eigenvalue weighted by Gasteiger charge is 2.68. The third kappa shape index (κ3) is 4.75. The highest BCUT2D eigenvalue weighted by atomic mass is 16.3. The maximum Gasteiger partial charge on any atom is 0.241 e. The molecule has 8 heteroatoms. The van der Waals surface area contributed by atoms with Crippen molar-refractivity contribution in [3.63, 3.8) is 0 Å². The quantitative estimate of drug-likeness (QED) is 0.193. The minimum Gasteiger partial charge on any atom is -0.507 e. The number of aromatic hydroxyl groups is 1. The molecule has 0 radical (unpaired) electrons. The Morgan fingerprint density at radius 3 is 2.14 bits per heavy atom. The summed E-state index contributed by atoms with van der Waals surface area (Å²) in [5, 5.41) is 12.3. The molecule has 5 aliphatic rings. The van der Waals surface area contributed by atoms with E-state index < -0.39 is 29.1 Å². The van der Waals surface area contributed by atoms with E-state index in [-0.39, 0.29) is 41.3 Å². The van der Waals surface area contributed by atoms with E-state index in [2.05, 4.69) is 23.1 Å². The van der Waals surface area contributed by atoms with Crippen LogP contribution in [0.4, 0.5) is 5.69 Å². The van der Waals surface area contributed by atoms with E-state index in [1.807, 2.05) is 73.7 Å². The number of nitrogens with zero attached hydrogens (tertiary/aromatic N) is 3. The Kier molecular flexibility index (Phi) is 7.51. The summed E-state index contributed by atoms with van der Waals surface area (Å²) in [6, 6.07) is 30.4. The molecule has 6 unspecified atom stereocenters. The number of benzene rings is 4. The first kappa shape index (κ1) is 31.9. The van der Waals surface area contributed by atoms with Crippen LogP contribution in [0.1, 0.15) is 49.7 Å². The van der Waals surface area contributed by atoms with E-state index in [1.165, 1.54) is 10.5 Å². The van der Waals surface area contributed by atoms with Gasteiger partial charge in [-0.1, -0.05) is 90.5 Å². The number of hydrogen-bond donors (Lipinski definition) is 1. The molecule has 4 aromatic carbocycles. The Morgan fingerprint density at radius 1 is 0.745 bits per heavy atom. The normalized spacial score (nSPS) is 29.7. The Hall–Kier alpha value is -5.08. The molecule has 3 saturated heterocycles. The van der Waals surface area contributed by atoms with Crippen LogP contribution >= 0.6 is 0 Å². The van der Waals surface area contributed by atoms with E-state index in [4.69, 9.17) is 0 Å². The van der Waals surface area contributed by atoms with E-state index in [0.29, 0.717) is 23.9 Å². The molecular weight excluding hydrogens is 638 g/mol. The Morgan fingerprint density at radius 2 is 1.41 bits per heavy atom. The second-order valence-electron chi connectivity index (χ2n) is 15.3. The SMILES string of the molecule is CC12C(=O)N(c3ccccc3)C(=O)C1CC1C(=CCC3C(=O)N(C4CCN(Cc5ccccc5)CC4)C(=O)C31)C2c1ccc(O)c2ccccc12. The predicted octanol–water partition coefficient (Wildman–Crippen LogP) is 6.44. The molecule has 2 aliphatic carbocycles. The van der Waals surface area contributed by atoms with Crippen molar-refractivity contribution >= 4 is 40.1 Å². The van der Waals surface area contributed by atoms with Crippen molar-refractivity contribution in [1.82, 2.24) is 9.80 Å². The van der Waals surface area contributed by atoms with Crippen molar-refractivity contribution < 1.29 is 24.3 Å². The zero-order valence-corrected chi connectivity index (χ0v) is 28.7. The van der Waals surface area contributed by atoms with Gasteiger partial charge in [0, 0.05) is 37.0 Å². The number of likely N-dealkylation sites (tertiary alicyclic amines) is 2. The Balaban J connectivity index is 1.09. The summed E-state index contributed by atoms with van der Waals surface area (Å²) in [4.78, 5) is 63.5. The number of imide groups is 2. The topological polar surface area (TPSA) is 98.2 Å². The van der Waals surface area contributed by atoms with Crippen molar-refractivity contribution in [3.05, 3.63) is 120 Å². The molecule has 3 aliphatic heterocycles. The van der Waals surface area contributed by atoms with E-state index in [9.17, 15) is 24.3 Å². The lowest BCUT2D eigenvalue weighted by atomic mass is 9.51. The first-order valence-corrected chi connectivity index (χ1v) is 18.2. The summed E-state index contributed by atoms with van der Waals surface area (Å²) in [7, 11) is 0. The van der Waals surface area contributed by atoms with Crippen LogP contribution in [-0.4, -0.2) is 57.7 Å². The fraction of sp³-hybridized carbons (Fsp3) is 0.349. The standard InChI is InChI=1S/C43H41N3O5/c1-43-35(40(49)46(42(43)51)27-12-6-3-7-13-27)24-34-32(38(43)31-18-19-36(47)30-15-9-8-14-29(30)31)16-17-33-37(34)41(50)45(39(33)48)28-20-22-44(23-21-28)25-26-10-4-2-5-11-26/h2-16,18-19,28,33-35,37-38,47H,17,20-25H2,1H3. The lowest BCUT2D eigenvalue weighted by Gasteiger charge is -2.49. The fourth-order valence-corrected chi connectivity index (χ4v) is 10.3. The molecule has 4 amide bonds. The van der Waals surface area contributed by atoms with E-state index in [1.54, 1.807) is 23.1 Å². The maximum absolute atomic E-state index is 14.8. The minimum absolute atomic E-state index is 0.0958. The number of rotatable bonds is 5. The first-order valence-electron chi connectivity index (χ1n) is 18.2. The van der Waals surface area contributed by atoms with Gasteiger partial charge in [0.1, 0.15) is 5.75 Å². The van der Waals surface area contributed by atoms with E-state index >= 15 is 0 Å². The first-order chi connectivity index (χ1) is 24.8. The summed E-state index contributed by atoms with van der Waals surface area (Å²) in [5.74, 6) is -3.26. The van der Waals surface area contributed by atoms with Gasteiger partial charge in [0.15, 0.2) is 0 Å². The molecule has 8 nitrogen and oxygen atoms in total. The van der Waals surface area contributed by atoms with Crippen molar-refractivity contribution in [3.8, 4) is 5.75 Å². The van der Waals surface area contributed by atoms with Crippen LogP contribution in [0.15, 0.2) is 109 Å². The van der Waals surface area contributed by atoms with Gasteiger partial charge in [0.25, 0.3) is 0 Å². The number of phenolic OH excluding ortho intramolecular Hbond substituents is 1. The van der Waals surface area contributed by atoms with Crippen LogP contribution < -0.4 is 4.90 Å². The number of anilines is 1. The van der Waals surface area contributed by atoms with Gasteiger partial charge >= 0.3 is 0 Å². The number of carbonyl (C=O) groups excluding carboxylic acids is 4. The molecule has 0 aromatic heterocycles. The highest BCUT2D eigenvalue weighted by molar-refractivity contribution is 6.24.